The van der Waals surface area contributed by atoms with Crippen LogP contribution in [-0.2, 0) is 20.9 Å². The number of amides is 1. The third-order valence-electron chi connectivity index (χ3n) is 3.92. The Morgan fingerprint density at radius 2 is 2.05 bits per heavy atom. The highest BCUT2D eigenvalue weighted by molar-refractivity contribution is 5.74. The average molecular weight is 291 g/mol. The molecule has 112 valence electrons. The molecule has 2 saturated heterocycles. The van der Waals surface area contributed by atoms with Gasteiger partial charge in [0.15, 0.2) is 6.10 Å². The number of fused-ring (bicyclic) bond motifs is 2. The van der Waals surface area contributed by atoms with Gasteiger partial charge >= 0.3 is 12.1 Å². The molecule has 6 heteroatoms. The van der Waals surface area contributed by atoms with Gasteiger partial charge in [-0.3, -0.25) is 0 Å². The summed E-state index contributed by atoms with van der Waals surface area (Å²) in [6, 6.07) is 9.44. The fourth-order valence-electron chi connectivity index (χ4n) is 2.95. The van der Waals surface area contributed by atoms with E-state index in [4.69, 9.17) is 14.6 Å². The van der Waals surface area contributed by atoms with Crippen LogP contribution >= 0.6 is 0 Å². The quantitative estimate of drug-likeness (QED) is 0.913. The molecular formula is C15H17NO5. The van der Waals surface area contributed by atoms with Crippen molar-refractivity contribution in [3.63, 3.8) is 0 Å². The van der Waals surface area contributed by atoms with Crippen molar-refractivity contribution in [2.45, 2.75) is 25.2 Å². The van der Waals surface area contributed by atoms with Gasteiger partial charge in [-0.05, 0) is 12.0 Å². The molecule has 2 fully saturated rings. The summed E-state index contributed by atoms with van der Waals surface area (Å²) in [6.45, 7) is 0.990. The molecule has 3 atom stereocenters. The number of carbonyl (C=O) groups excluding carboxylic acids is 1. The number of benzene rings is 1. The molecule has 2 aliphatic heterocycles. The molecule has 3 unspecified atom stereocenters. The number of carbonyl (C=O) groups is 2. The van der Waals surface area contributed by atoms with E-state index in [9.17, 15) is 9.59 Å². The topological polar surface area (TPSA) is 76.1 Å². The van der Waals surface area contributed by atoms with Gasteiger partial charge in [-0.1, -0.05) is 30.3 Å². The molecule has 0 aromatic heterocycles. The summed E-state index contributed by atoms with van der Waals surface area (Å²) in [7, 11) is 0. The zero-order chi connectivity index (χ0) is 14.8. The second kappa shape index (κ2) is 5.73. The number of carboxylic acid groups (broad SMARTS) is 1. The second-order valence-corrected chi connectivity index (χ2v) is 5.46. The first kappa shape index (κ1) is 13.9. The minimum absolute atomic E-state index is 0.148. The largest absolute Gasteiger partial charge is 0.479 e. The average Bonchev–Trinajstić information content (AvgIpc) is 2.80. The highest BCUT2D eigenvalue weighted by Crippen LogP contribution is 2.32. The number of likely N-dealkylation sites (tertiary alicyclic amines) is 1. The minimum Gasteiger partial charge on any atom is -0.479 e. The van der Waals surface area contributed by atoms with Crippen LogP contribution in [0.3, 0.4) is 0 Å². The first-order valence-corrected chi connectivity index (χ1v) is 6.97. The predicted octanol–water partition coefficient (Wildman–Crippen LogP) is 1.50. The van der Waals surface area contributed by atoms with E-state index in [1.165, 1.54) is 0 Å². The van der Waals surface area contributed by atoms with Crippen LogP contribution in [0.4, 0.5) is 4.79 Å². The van der Waals surface area contributed by atoms with Gasteiger partial charge in [0.1, 0.15) is 6.61 Å². The van der Waals surface area contributed by atoms with Gasteiger partial charge in [-0.15, -0.1) is 0 Å². The SMILES string of the molecule is O=C(O)C1OC2CC1CN(C(=O)OCc1ccccc1)C2. The zero-order valence-electron chi connectivity index (χ0n) is 11.5. The lowest BCUT2D eigenvalue weighted by Crippen LogP contribution is -2.44. The smallest absolute Gasteiger partial charge is 0.410 e. The second-order valence-electron chi connectivity index (χ2n) is 5.46. The molecule has 0 aliphatic carbocycles. The molecule has 2 bridgehead atoms. The Kier molecular flexibility index (Phi) is 3.79. The third-order valence-corrected chi connectivity index (χ3v) is 3.92. The highest BCUT2D eigenvalue weighted by atomic mass is 16.6. The third kappa shape index (κ3) is 3.00. The molecule has 0 saturated carbocycles. The summed E-state index contributed by atoms with van der Waals surface area (Å²) >= 11 is 0. The van der Waals surface area contributed by atoms with Crippen molar-refractivity contribution >= 4 is 12.1 Å². The van der Waals surface area contributed by atoms with E-state index in [0.29, 0.717) is 19.5 Å². The van der Waals surface area contributed by atoms with Crippen molar-refractivity contribution in [1.82, 2.24) is 4.90 Å². The van der Waals surface area contributed by atoms with Crippen LogP contribution in [0.15, 0.2) is 30.3 Å². The summed E-state index contributed by atoms with van der Waals surface area (Å²) in [5.41, 5.74) is 0.922. The number of hydrogen-bond donors (Lipinski definition) is 1. The first-order valence-electron chi connectivity index (χ1n) is 6.97. The van der Waals surface area contributed by atoms with E-state index < -0.39 is 18.2 Å². The maximum Gasteiger partial charge on any atom is 0.410 e. The molecule has 0 spiro atoms. The van der Waals surface area contributed by atoms with Crippen LogP contribution < -0.4 is 0 Å². The lowest BCUT2D eigenvalue weighted by molar-refractivity contribution is -0.150. The molecule has 1 amide bonds. The standard InChI is InChI=1S/C15H17NO5/c17-14(18)13-11-6-12(21-13)8-16(7-11)15(19)20-9-10-4-2-1-3-5-10/h1-5,11-13H,6-9H2,(H,17,18). The van der Waals surface area contributed by atoms with Crippen LogP contribution in [0, 0.1) is 5.92 Å². The first-order chi connectivity index (χ1) is 10.1. The zero-order valence-corrected chi connectivity index (χ0v) is 11.5. The van der Waals surface area contributed by atoms with Crippen molar-refractivity contribution in [2.75, 3.05) is 13.1 Å². The van der Waals surface area contributed by atoms with E-state index >= 15 is 0 Å². The minimum atomic E-state index is -0.956. The Morgan fingerprint density at radius 3 is 2.76 bits per heavy atom. The van der Waals surface area contributed by atoms with Crippen molar-refractivity contribution in [3.05, 3.63) is 35.9 Å². The number of nitrogens with zero attached hydrogens (tertiary/aromatic N) is 1. The fraction of sp³-hybridized carbons (Fsp3) is 0.467. The van der Waals surface area contributed by atoms with Crippen molar-refractivity contribution in [2.24, 2.45) is 5.92 Å². The molecule has 0 radical (unpaired) electrons. The van der Waals surface area contributed by atoms with Gasteiger partial charge < -0.3 is 19.5 Å². The maximum atomic E-state index is 12.1. The van der Waals surface area contributed by atoms with E-state index in [1.807, 2.05) is 30.3 Å². The Bertz CT molecular complexity index is 532. The van der Waals surface area contributed by atoms with Gasteiger partial charge in [0.2, 0.25) is 0 Å². The number of ether oxygens (including phenoxy) is 2. The molecule has 6 nitrogen and oxygen atoms in total. The van der Waals surface area contributed by atoms with Gasteiger partial charge in [0, 0.05) is 12.5 Å². The van der Waals surface area contributed by atoms with Crippen LogP contribution in [-0.4, -0.2) is 47.4 Å². The molecule has 1 N–H and O–H groups in total. The summed E-state index contributed by atoms with van der Waals surface area (Å²) in [6.07, 6.45) is -0.723. The summed E-state index contributed by atoms with van der Waals surface area (Å²) < 4.78 is 10.7. The van der Waals surface area contributed by atoms with Crippen LogP contribution in [0.5, 0.6) is 0 Å². The number of hydrogen-bond acceptors (Lipinski definition) is 4. The van der Waals surface area contributed by atoms with E-state index in [-0.39, 0.29) is 18.6 Å². The highest BCUT2D eigenvalue weighted by Gasteiger charge is 2.46. The molecular weight excluding hydrogens is 274 g/mol. The van der Waals surface area contributed by atoms with Gasteiger partial charge in [-0.25, -0.2) is 9.59 Å². The predicted molar refractivity (Wildman–Crippen MR) is 72.6 cm³/mol. The van der Waals surface area contributed by atoms with Crippen molar-refractivity contribution in [3.8, 4) is 0 Å². The van der Waals surface area contributed by atoms with E-state index in [0.717, 1.165) is 5.56 Å². The van der Waals surface area contributed by atoms with E-state index in [2.05, 4.69) is 0 Å². The summed E-state index contributed by atoms with van der Waals surface area (Å²) in [5, 5.41) is 9.08. The number of rotatable bonds is 3. The van der Waals surface area contributed by atoms with Gasteiger partial charge in [-0.2, -0.15) is 0 Å². The van der Waals surface area contributed by atoms with Gasteiger partial charge in [0.05, 0.1) is 12.6 Å². The monoisotopic (exact) mass is 291 g/mol. The summed E-state index contributed by atoms with van der Waals surface area (Å²) in [5.74, 6) is -1.10. The lowest BCUT2D eigenvalue weighted by Gasteiger charge is -2.29. The Morgan fingerprint density at radius 1 is 1.29 bits per heavy atom. The Hall–Kier alpha value is -2.08. The Labute approximate surface area is 122 Å². The molecule has 2 aliphatic rings. The lowest BCUT2D eigenvalue weighted by atomic mass is 9.95. The number of aliphatic carboxylic acids is 1. The van der Waals surface area contributed by atoms with Crippen LogP contribution in [0.25, 0.3) is 0 Å². The summed E-state index contributed by atoms with van der Waals surface area (Å²) in [4.78, 5) is 24.7. The van der Waals surface area contributed by atoms with Crippen molar-refractivity contribution < 1.29 is 24.2 Å². The molecule has 2 heterocycles. The van der Waals surface area contributed by atoms with E-state index in [1.54, 1.807) is 4.90 Å². The molecule has 3 rings (SSSR count). The normalized spacial score (nSPS) is 27.4. The van der Waals surface area contributed by atoms with Gasteiger partial charge in [0.25, 0.3) is 0 Å². The van der Waals surface area contributed by atoms with Crippen molar-refractivity contribution in [1.29, 1.82) is 0 Å². The maximum absolute atomic E-state index is 12.1. The number of piperidine rings is 1. The number of carboxylic acids is 1. The Balaban J connectivity index is 1.56. The van der Waals surface area contributed by atoms with Crippen LogP contribution in [0.2, 0.25) is 0 Å². The molecule has 1 aromatic rings. The van der Waals surface area contributed by atoms with Crippen LogP contribution in [0.1, 0.15) is 12.0 Å². The molecule has 21 heavy (non-hydrogen) atoms. The fourth-order valence-corrected chi connectivity index (χ4v) is 2.95. The molecule has 1 aromatic carbocycles.